The number of hydrogen-bond acceptors (Lipinski definition) is 3. The van der Waals surface area contributed by atoms with E-state index in [1.807, 2.05) is 36.4 Å². The van der Waals surface area contributed by atoms with Crippen molar-refractivity contribution in [1.29, 1.82) is 0 Å². The Labute approximate surface area is 112 Å². The van der Waals surface area contributed by atoms with E-state index in [2.05, 4.69) is 17.6 Å². The summed E-state index contributed by atoms with van der Waals surface area (Å²) in [5, 5.41) is 6.13. The molecule has 1 aromatic heterocycles. The van der Waals surface area contributed by atoms with Crippen molar-refractivity contribution in [3.05, 3.63) is 48.4 Å². The van der Waals surface area contributed by atoms with Crippen molar-refractivity contribution in [2.75, 3.05) is 10.6 Å². The van der Waals surface area contributed by atoms with E-state index in [9.17, 15) is 4.79 Å². The minimum absolute atomic E-state index is 0.0631. The predicted octanol–water partition coefficient (Wildman–Crippen LogP) is 3.28. The highest BCUT2D eigenvalue weighted by Gasteiger charge is 2.05. The first-order valence-electron chi connectivity index (χ1n) is 6.30. The number of carbonyl (C=O) groups excluding carboxylic acids is 1. The molecular weight excluding hydrogens is 240 g/mol. The fraction of sp³-hybridized carbons (Fsp3) is 0.267. The monoisotopic (exact) mass is 258 g/mol. The van der Waals surface area contributed by atoms with Crippen LogP contribution in [0, 0.1) is 0 Å². The Bertz CT molecular complexity index is 518. The normalized spacial score (nSPS) is 11.9. The van der Waals surface area contributed by atoms with Gasteiger partial charge in [0.1, 0.15) is 5.76 Å². The van der Waals surface area contributed by atoms with E-state index < -0.39 is 0 Å². The van der Waals surface area contributed by atoms with Gasteiger partial charge in [-0.2, -0.15) is 0 Å². The second kappa shape index (κ2) is 6.09. The van der Waals surface area contributed by atoms with E-state index >= 15 is 0 Å². The number of benzene rings is 1. The number of furan rings is 1. The molecule has 0 aliphatic rings. The zero-order valence-corrected chi connectivity index (χ0v) is 11.1. The van der Waals surface area contributed by atoms with Crippen molar-refractivity contribution in [3.63, 3.8) is 0 Å². The summed E-state index contributed by atoms with van der Waals surface area (Å²) in [4.78, 5) is 10.9. The van der Waals surface area contributed by atoms with E-state index in [1.54, 1.807) is 6.26 Å². The Morgan fingerprint density at radius 1 is 1.21 bits per heavy atom. The lowest BCUT2D eigenvalue weighted by Gasteiger charge is -2.14. The van der Waals surface area contributed by atoms with Crippen molar-refractivity contribution in [2.45, 2.75) is 26.3 Å². The van der Waals surface area contributed by atoms with Gasteiger partial charge in [-0.1, -0.05) is 0 Å². The highest BCUT2D eigenvalue weighted by atomic mass is 16.3. The molecule has 2 N–H and O–H groups in total. The molecule has 2 rings (SSSR count). The molecule has 1 heterocycles. The van der Waals surface area contributed by atoms with Gasteiger partial charge in [-0.05, 0) is 43.3 Å². The summed E-state index contributed by atoms with van der Waals surface area (Å²) in [5.74, 6) is 0.904. The van der Waals surface area contributed by atoms with Gasteiger partial charge in [0.25, 0.3) is 0 Å². The van der Waals surface area contributed by atoms with Crippen LogP contribution in [0.4, 0.5) is 11.4 Å². The third-order valence-corrected chi connectivity index (χ3v) is 2.71. The van der Waals surface area contributed by atoms with Crippen LogP contribution in [-0.2, 0) is 11.2 Å². The van der Waals surface area contributed by atoms with Gasteiger partial charge in [0, 0.05) is 30.8 Å². The average molecular weight is 258 g/mol. The van der Waals surface area contributed by atoms with Gasteiger partial charge in [-0.3, -0.25) is 4.79 Å². The Kier molecular flexibility index (Phi) is 4.23. The van der Waals surface area contributed by atoms with Crippen LogP contribution in [0.1, 0.15) is 19.6 Å². The Morgan fingerprint density at radius 2 is 1.89 bits per heavy atom. The molecule has 0 saturated heterocycles. The maximum Gasteiger partial charge on any atom is 0.221 e. The molecule has 0 aliphatic heterocycles. The van der Waals surface area contributed by atoms with Gasteiger partial charge < -0.3 is 15.1 Å². The first-order valence-corrected chi connectivity index (χ1v) is 6.30. The number of carbonyl (C=O) groups is 1. The number of hydrogen-bond donors (Lipinski definition) is 2. The fourth-order valence-corrected chi connectivity index (χ4v) is 1.92. The molecule has 4 nitrogen and oxygen atoms in total. The largest absolute Gasteiger partial charge is 0.469 e. The fourth-order valence-electron chi connectivity index (χ4n) is 1.92. The Morgan fingerprint density at radius 3 is 2.47 bits per heavy atom. The van der Waals surface area contributed by atoms with Gasteiger partial charge in [0.15, 0.2) is 0 Å². The molecule has 0 fully saturated rings. The van der Waals surface area contributed by atoms with E-state index in [-0.39, 0.29) is 11.9 Å². The van der Waals surface area contributed by atoms with Crippen LogP contribution < -0.4 is 10.6 Å². The minimum atomic E-state index is -0.0631. The van der Waals surface area contributed by atoms with E-state index in [1.165, 1.54) is 6.92 Å². The summed E-state index contributed by atoms with van der Waals surface area (Å²) in [6.07, 6.45) is 2.52. The molecular formula is C15H18N2O2. The first kappa shape index (κ1) is 13.2. The molecule has 0 radical (unpaired) electrons. The average Bonchev–Trinajstić information content (AvgIpc) is 2.83. The van der Waals surface area contributed by atoms with Crippen molar-refractivity contribution >= 4 is 17.3 Å². The lowest BCUT2D eigenvalue weighted by Crippen LogP contribution is -2.17. The van der Waals surface area contributed by atoms with Crippen LogP contribution in [-0.4, -0.2) is 11.9 Å². The molecule has 100 valence electrons. The molecule has 0 spiro atoms. The van der Waals surface area contributed by atoms with Crippen molar-refractivity contribution in [1.82, 2.24) is 0 Å². The third-order valence-electron chi connectivity index (χ3n) is 2.71. The maximum absolute atomic E-state index is 10.9. The second-order valence-electron chi connectivity index (χ2n) is 4.59. The quantitative estimate of drug-likeness (QED) is 0.865. The minimum Gasteiger partial charge on any atom is -0.469 e. The van der Waals surface area contributed by atoms with Gasteiger partial charge in [0.05, 0.1) is 6.26 Å². The van der Waals surface area contributed by atoms with Gasteiger partial charge >= 0.3 is 0 Å². The zero-order chi connectivity index (χ0) is 13.7. The Balaban J connectivity index is 1.90. The molecule has 19 heavy (non-hydrogen) atoms. The third kappa shape index (κ3) is 4.17. The molecule has 0 bridgehead atoms. The molecule has 1 aromatic carbocycles. The van der Waals surface area contributed by atoms with Gasteiger partial charge in [-0.25, -0.2) is 0 Å². The highest BCUT2D eigenvalue weighted by molar-refractivity contribution is 5.88. The topological polar surface area (TPSA) is 54.3 Å². The Hall–Kier alpha value is -2.23. The number of amides is 1. The van der Waals surface area contributed by atoms with E-state index in [0.717, 1.165) is 23.6 Å². The molecule has 1 atom stereocenters. The summed E-state index contributed by atoms with van der Waals surface area (Å²) >= 11 is 0. The molecule has 2 aromatic rings. The summed E-state index contributed by atoms with van der Waals surface area (Å²) in [7, 11) is 0. The number of nitrogens with one attached hydrogen (secondary N) is 2. The van der Waals surface area contributed by atoms with Crippen molar-refractivity contribution in [2.24, 2.45) is 0 Å². The smallest absolute Gasteiger partial charge is 0.221 e. The molecule has 4 heteroatoms. The van der Waals surface area contributed by atoms with Gasteiger partial charge in [0.2, 0.25) is 5.91 Å². The number of anilines is 2. The lowest BCUT2D eigenvalue weighted by molar-refractivity contribution is -0.114. The summed E-state index contributed by atoms with van der Waals surface area (Å²) in [5.41, 5.74) is 1.82. The second-order valence-corrected chi connectivity index (χ2v) is 4.59. The van der Waals surface area contributed by atoms with Crippen molar-refractivity contribution in [3.8, 4) is 0 Å². The van der Waals surface area contributed by atoms with Crippen LogP contribution in [0.3, 0.4) is 0 Å². The predicted molar refractivity (Wildman–Crippen MR) is 76.2 cm³/mol. The molecule has 0 aliphatic carbocycles. The summed E-state index contributed by atoms with van der Waals surface area (Å²) < 4.78 is 5.32. The van der Waals surface area contributed by atoms with Crippen LogP contribution in [0.25, 0.3) is 0 Å². The summed E-state index contributed by atoms with van der Waals surface area (Å²) in [6, 6.07) is 11.8. The summed E-state index contributed by atoms with van der Waals surface area (Å²) in [6.45, 7) is 3.60. The van der Waals surface area contributed by atoms with Crippen LogP contribution in [0.15, 0.2) is 47.1 Å². The first-order chi connectivity index (χ1) is 9.13. The molecule has 1 amide bonds. The van der Waals surface area contributed by atoms with Crippen molar-refractivity contribution < 1.29 is 9.21 Å². The van der Waals surface area contributed by atoms with E-state index in [4.69, 9.17) is 4.42 Å². The highest BCUT2D eigenvalue weighted by Crippen LogP contribution is 2.15. The van der Waals surface area contributed by atoms with Crippen LogP contribution in [0.5, 0.6) is 0 Å². The maximum atomic E-state index is 10.9. The number of rotatable bonds is 5. The van der Waals surface area contributed by atoms with Gasteiger partial charge in [-0.15, -0.1) is 0 Å². The van der Waals surface area contributed by atoms with E-state index in [0.29, 0.717) is 0 Å². The SMILES string of the molecule is CC(=O)Nc1ccc(NC(C)Cc2ccco2)cc1. The van der Waals surface area contributed by atoms with Crippen LogP contribution in [0.2, 0.25) is 0 Å². The lowest BCUT2D eigenvalue weighted by atomic mass is 10.2. The standard InChI is InChI=1S/C15H18N2O2/c1-11(10-15-4-3-9-19-15)16-13-5-7-14(8-6-13)17-12(2)18/h3-9,11,16H,10H2,1-2H3,(H,17,18). The van der Waals surface area contributed by atoms with Crippen LogP contribution >= 0.6 is 0 Å². The molecule has 0 saturated carbocycles. The molecule has 1 unspecified atom stereocenters. The zero-order valence-electron chi connectivity index (χ0n) is 11.1.